The van der Waals surface area contributed by atoms with Crippen LogP contribution in [0.15, 0.2) is 28.7 Å². The van der Waals surface area contributed by atoms with Crippen LogP contribution in [0.5, 0.6) is 0 Å². The predicted molar refractivity (Wildman–Crippen MR) is 73.4 cm³/mol. The molecule has 0 aliphatic carbocycles. The molecule has 0 aliphatic rings. The molecule has 0 aliphatic heterocycles. The highest BCUT2D eigenvalue weighted by atomic mass is 79.9. The quantitative estimate of drug-likeness (QED) is 0.812. The molecular formula is C11H11BrFN5. The average molecular weight is 312 g/mol. The first-order chi connectivity index (χ1) is 8.58. The number of aromatic nitrogens is 2. The van der Waals surface area contributed by atoms with Gasteiger partial charge in [0.15, 0.2) is 0 Å². The van der Waals surface area contributed by atoms with Crippen LogP contribution in [0.4, 0.5) is 27.7 Å². The SMILES string of the molecule is CNc1cc(Nc2ccc(Br)cc2F)nc(N)n1. The van der Waals surface area contributed by atoms with Crippen molar-refractivity contribution in [3.05, 3.63) is 34.6 Å². The van der Waals surface area contributed by atoms with Gasteiger partial charge in [0.05, 0.1) is 5.69 Å². The van der Waals surface area contributed by atoms with Crippen molar-refractivity contribution in [2.24, 2.45) is 0 Å². The summed E-state index contributed by atoms with van der Waals surface area (Å²) in [6, 6.07) is 6.34. The molecular weight excluding hydrogens is 301 g/mol. The number of nitrogen functional groups attached to an aromatic ring is 1. The van der Waals surface area contributed by atoms with Crippen molar-refractivity contribution < 1.29 is 4.39 Å². The molecule has 0 fully saturated rings. The second-order valence-corrected chi connectivity index (χ2v) is 4.41. The highest BCUT2D eigenvalue weighted by Gasteiger charge is 2.06. The van der Waals surface area contributed by atoms with Gasteiger partial charge >= 0.3 is 0 Å². The van der Waals surface area contributed by atoms with E-state index < -0.39 is 0 Å². The Kier molecular flexibility index (Phi) is 3.61. The van der Waals surface area contributed by atoms with Crippen LogP contribution in [0.1, 0.15) is 0 Å². The minimum absolute atomic E-state index is 0.113. The lowest BCUT2D eigenvalue weighted by Crippen LogP contribution is -2.04. The zero-order chi connectivity index (χ0) is 13.1. The zero-order valence-corrected chi connectivity index (χ0v) is 11.1. The molecule has 18 heavy (non-hydrogen) atoms. The van der Waals surface area contributed by atoms with Gasteiger partial charge in [-0.3, -0.25) is 0 Å². The van der Waals surface area contributed by atoms with Crippen molar-refractivity contribution >= 4 is 39.2 Å². The molecule has 7 heteroatoms. The molecule has 2 rings (SSSR count). The molecule has 1 aromatic heterocycles. The van der Waals surface area contributed by atoms with Crippen LogP contribution in [-0.4, -0.2) is 17.0 Å². The number of hydrogen-bond donors (Lipinski definition) is 3. The van der Waals surface area contributed by atoms with E-state index in [2.05, 4.69) is 36.5 Å². The molecule has 2 aromatic rings. The summed E-state index contributed by atoms with van der Waals surface area (Å²) in [7, 11) is 1.71. The van der Waals surface area contributed by atoms with Gasteiger partial charge < -0.3 is 16.4 Å². The van der Waals surface area contributed by atoms with E-state index in [9.17, 15) is 4.39 Å². The van der Waals surface area contributed by atoms with Crippen LogP contribution >= 0.6 is 15.9 Å². The fourth-order valence-corrected chi connectivity index (χ4v) is 1.72. The van der Waals surface area contributed by atoms with Gasteiger partial charge in [0.25, 0.3) is 0 Å². The van der Waals surface area contributed by atoms with E-state index >= 15 is 0 Å². The lowest BCUT2D eigenvalue weighted by Gasteiger charge is -2.09. The summed E-state index contributed by atoms with van der Waals surface area (Å²) >= 11 is 3.19. The number of halogens is 2. The Balaban J connectivity index is 2.30. The first kappa shape index (κ1) is 12.6. The number of rotatable bonds is 3. The summed E-state index contributed by atoms with van der Waals surface area (Å²) in [6.45, 7) is 0. The molecule has 1 aromatic carbocycles. The fourth-order valence-electron chi connectivity index (χ4n) is 1.39. The van der Waals surface area contributed by atoms with Crippen molar-refractivity contribution in [2.45, 2.75) is 0 Å². The highest BCUT2D eigenvalue weighted by Crippen LogP contribution is 2.23. The maximum atomic E-state index is 13.6. The Morgan fingerprint density at radius 3 is 2.61 bits per heavy atom. The van der Waals surface area contributed by atoms with E-state index in [0.29, 0.717) is 21.8 Å². The lowest BCUT2D eigenvalue weighted by molar-refractivity contribution is 0.631. The standard InChI is InChI=1S/C11H11BrFN5/c1-15-9-5-10(18-11(14)17-9)16-8-3-2-6(12)4-7(8)13/h2-5H,1H3,(H4,14,15,16,17,18). The van der Waals surface area contributed by atoms with Crippen molar-refractivity contribution in [1.82, 2.24) is 9.97 Å². The Morgan fingerprint density at radius 1 is 1.22 bits per heavy atom. The van der Waals surface area contributed by atoms with Crippen molar-refractivity contribution in [2.75, 3.05) is 23.4 Å². The number of nitrogens with zero attached hydrogens (tertiary/aromatic N) is 2. The largest absolute Gasteiger partial charge is 0.373 e. The topological polar surface area (TPSA) is 75.9 Å². The predicted octanol–water partition coefficient (Wildman–Crippen LogP) is 2.75. The van der Waals surface area contributed by atoms with Gasteiger partial charge in [-0.2, -0.15) is 9.97 Å². The first-order valence-electron chi connectivity index (χ1n) is 5.13. The Morgan fingerprint density at radius 2 is 1.94 bits per heavy atom. The molecule has 94 valence electrons. The number of anilines is 4. The summed E-state index contributed by atoms with van der Waals surface area (Å²) < 4.78 is 14.3. The first-order valence-corrected chi connectivity index (χ1v) is 5.92. The number of hydrogen-bond acceptors (Lipinski definition) is 5. The molecule has 0 amide bonds. The van der Waals surface area contributed by atoms with E-state index in [1.165, 1.54) is 6.07 Å². The third-order valence-electron chi connectivity index (χ3n) is 2.19. The maximum Gasteiger partial charge on any atom is 0.223 e. The Hall–Kier alpha value is -1.89. The Bertz CT molecular complexity index is 575. The van der Waals surface area contributed by atoms with Crippen LogP contribution in [0, 0.1) is 5.82 Å². The van der Waals surface area contributed by atoms with Crippen LogP contribution in [0.25, 0.3) is 0 Å². The molecule has 0 saturated heterocycles. The summed E-state index contributed by atoms with van der Waals surface area (Å²) in [5.74, 6) is 0.713. The molecule has 0 unspecified atom stereocenters. The van der Waals surface area contributed by atoms with E-state index in [0.717, 1.165) is 0 Å². The average Bonchev–Trinajstić information content (AvgIpc) is 2.32. The van der Waals surface area contributed by atoms with Crippen LogP contribution in [-0.2, 0) is 0 Å². The van der Waals surface area contributed by atoms with E-state index in [4.69, 9.17) is 5.73 Å². The van der Waals surface area contributed by atoms with E-state index in [1.807, 2.05) is 0 Å². The van der Waals surface area contributed by atoms with Gasteiger partial charge in [0.2, 0.25) is 5.95 Å². The molecule has 0 spiro atoms. The zero-order valence-electron chi connectivity index (χ0n) is 9.54. The molecule has 0 atom stereocenters. The number of nitrogens with two attached hydrogens (primary N) is 1. The van der Waals surface area contributed by atoms with Crippen molar-refractivity contribution in [1.29, 1.82) is 0 Å². The third-order valence-corrected chi connectivity index (χ3v) is 2.69. The second-order valence-electron chi connectivity index (χ2n) is 3.50. The molecule has 4 N–H and O–H groups in total. The smallest absolute Gasteiger partial charge is 0.223 e. The Labute approximate surface area is 112 Å². The summed E-state index contributed by atoms with van der Waals surface area (Å²) in [4.78, 5) is 7.92. The molecule has 0 saturated carbocycles. The highest BCUT2D eigenvalue weighted by molar-refractivity contribution is 9.10. The number of nitrogens with one attached hydrogen (secondary N) is 2. The van der Waals surface area contributed by atoms with Gasteiger partial charge in [-0.1, -0.05) is 15.9 Å². The van der Waals surface area contributed by atoms with Gasteiger partial charge in [-0.05, 0) is 18.2 Å². The minimum atomic E-state index is -0.382. The van der Waals surface area contributed by atoms with E-state index in [1.54, 1.807) is 25.2 Å². The number of benzene rings is 1. The molecule has 5 nitrogen and oxygen atoms in total. The maximum absolute atomic E-state index is 13.6. The van der Waals surface area contributed by atoms with Gasteiger partial charge in [0, 0.05) is 17.6 Å². The summed E-state index contributed by atoms with van der Waals surface area (Å²) in [5.41, 5.74) is 5.87. The summed E-state index contributed by atoms with van der Waals surface area (Å²) in [6.07, 6.45) is 0. The lowest BCUT2D eigenvalue weighted by atomic mass is 10.3. The van der Waals surface area contributed by atoms with Crippen molar-refractivity contribution in [3.63, 3.8) is 0 Å². The van der Waals surface area contributed by atoms with Gasteiger partial charge in [-0.15, -0.1) is 0 Å². The molecule has 0 bridgehead atoms. The minimum Gasteiger partial charge on any atom is -0.373 e. The monoisotopic (exact) mass is 311 g/mol. The van der Waals surface area contributed by atoms with E-state index in [-0.39, 0.29) is 11.8 Å². The normalized spacial score (nSPS) is 10.2. The third kappa shape index (κ3) is 2.86. The van der Waals surface area contributed by atoms with Gasteiger partial charge in [-0.25, -0.2) is 4.39 Å². The summed E-state index contributed by atoms with van der Waals surface area (Å²) in [5, 5.41) is 5.69. The van der Waals surface area contributed by atoms with Crippen LogP contribution in [0.2, 0.25) is 0 Å². The molecule has 1 heterocycles. The molecule has 0 radical (unpaired) electrons. The van der Waals surface area contributed by atoms with Crippen LogP contribution < -0.4 is 16.4 Å². The second kappa shape index (κ2) is 5.18. The fraction of sp³-hybridized carbons (Fsp3) is 0.0909. The van der Waals surface area contributed by atoms with Crippen molar-refractivity contribution in [3.8, 4) is 0 Å². The van der Waals surface area contributed by atoms with Crippen LogP contribution in [0.3, 0.4) is 0 Å². The van der Waals surface area contributed by atoms with Gasteiger partial charge in [0.1, 0.15) is 17.5 Å².